The third-order valence-electron chi connectivity index (χ3n) is 2.47. The Balaban J connectivity index is 3.22. The molecule has 0 fully saturated rings. The van der Waals surface area contributed by atoms with Crippen LogP contribution < -0.4 is 11.3 Å². The first-order chi connectivity index (χ1) is 7.82. The summed E-state index contributed by atoms with van der Waals surface area (Å²) in [5.41, 5.74) is 4.93. The van der Waals surface area contributed by atoms with Gasteiger partial charge in [-0.1, -0.05) is 32.4 Å². The van der Waals surface area contributed by atoms with Gasteiger partial charge in [-0.05, 0) is 0 Å². The molecule has 0 aliphatic heterocycles. The van der Waals surface area contributed by atoms with Crippen molar-refractivity contribution in [2.75, 3.05) is 0 Å². The molecule has 0 aliphatic rings. The number of nitrogens with zero attached hydrogens (tertiary/aromatic N) is 2. The van der Waals surface area contributed by atoms with E-state index in [2.05, 4.69) is 4.98 Å². The van der Waals surface area contributed by atoms with Crippen LogP contribution in [-0.2, 0) is 11.3 Å². The maximum atomic E-state index is 11.8. The Bertz CT molecular complexity index is 482. The molecule has 1 heterocycles. The molecule has 0 bridgehead atoms. The topological polar surface area (TPSA) is 78.0 Å². The number of halogens is 1. The van der Waals surface area contributed by atoms with Crippen molar-refractivity contribution in [2.24, 2.45) is 11.7 Å². The largest absolute Gasteiger partial charge is 0.369 e. The zero-order valence-corrected chi connectivity index (χ0v) is 10.9. The molecule has 1 aromatic rings. The average Bonchev–Trinajstić information content (AvgIpc) is 2.20. The molecule has 0 radical (unpaired) electrons. The van der Waals surface area contributed by atoms with E-state index in [1.165, 1.54) is 10.6 Å². The Morgan fingerprint density at radius 2 is 2.12 bits per heavy atom. The second-order valence-electron chi connectivity index (χ2n) is 4.34. The van der Waals surface area contributed by atoms with Crippen LogP contribution in [0.5, 0.6) is 0 Å². The van der Waals surface area contributed by atoms with Crippen molar-refractivity contribution in [3.8, 4) is 0 Å². The van der Waals surface area contributed by atoms with Gasteiger partial charge in [-0.25, -0.2) is 4.98 Å². The Hall–Kier alpha value is -1.36. The molecule has 6 heteroatoms. The van der Waals surface area contributed by atoms with Gasteiger partial charge in [0.1, 0.15) is 11.0 Å². The van der Waals surface area contributed by atoms with Gasteiger partial charge in [0.25, 0.3) is 5.56 Å². The van der Waals surface area contributed by atoms with E-state index in [1.807, 2.05) is 13.8 Å². The molecule has 1 unspecified atom stereocenters. The monoisotopic (exact) mass is 257 g/mol. The fourth-order valence-electron chi connectivity index (χ4n) is 1.48. The lowest BCUT2D eigenvalue weighted by molar-refractivity contribution is -0.121. The second kappa shape index (κ2) is 5.31. The van der Waals surface area contributed by atoms with E-state index in [0.717, 1.165) is 0 Å². The molecule has 17 heavy (non-hydrogen) atoms. The normalized spacial score (nSPS) is 12.8. The van der Waals surface area contributed by atoms with Crippen molar-refractivity contribution in [2.45, 2.75) is 33.2 Å². The number of amides is 1. The summed E-state index contributed by atoms with van der Waals surface area (Å²) in [4.78, 5) is 27.0. The van der Waals surface area contributed by atoms with E-state index >= 15 is 0 Å². The van der Waals surface area contributed by atoms with Crippen LogP contribution in [-0.4, -0.2) is 15.5 Å². The fourth-order valence-corrected chi connectivity index (χ4v) is 1.66. The number of primary amides is 1. The van der Waals surface area contributed by atoms with Crippen molar-refractivity contribution < 1.29 is 4.79 Å². The van der Waals surface area contributed by atoms with Crippen LogP contribution >= 0.6 is 11.6 Å². The highest BCUT2D eigenvalue weighted by molar-refractivity contribution is 6.29. The maximum absolute atomic E-state index is 11.8. The first-order valence-electron chi connectivity index (χ1n) is 5.39. The van der Waals surface area contributed by atoms with Gasteiger partial charge in [0, 0.05) is 18.5 Å². The molecule has 1 aromatic heterocycles. The minimum absolute atomic E-state index is 0.0430. The highest BCUT2D eigenvalue weighted by atomic mass is 35.5. The van der Waals surface area contributed by atoms with E-state index < -0.39 is 11.8 Å². The lowest BCUT2D eigenvalue weighted by atomic mass is 10.1. The molecule has 0 saturated carbocycles. The quantitative estimate of drug-likeness (QED) is 0.822. The average molecular weight is 258 g/mol. The summed E-state index contributed by atoms with van der Waals surface area (Å²) >= 11 is 5.75. The molecule has 1 atom stereocenters. The summed E-state index contributed by atoms with van der Waals surface area (Å²) in [7, 11) is 0. The summed E-state index contributed by atoms with van der Waals surface area (Å²) in [5, 5.41) is 0.168. The minimum atomic E-state index is -0.443. The highest BCUT2D eigenvalue weighted by Crippen LogP contribution is 2.14. The molecule has 0 aliphatic carbocycles. The van der Waals surface area contributed by atoms with Gasteiger partial charge in [-0.2, -0.15) is 0 Å². The number of nitrogens with two attached hydrogens (primary N) is 1. The molecule has 2 N–H and O–H groups in total. The van der Waals surface area contributed by atoms with Crippen LogP contribution in [0.25, 0.3) is 0 Å². The minimum Gasteiger partial charge on any atom is -0.369 e. The standard InChI is InChI=1S/C11H16ClN3O2/c1-6(2)11-14-8(12)4-9(16)15(11)5-7(3)10(13)17/h4,6-7H,5H2,1-3H3,(H2,13,17). The molecule has 5 nitrogen and oxygen atoms in total. The highest BCUT2D eigenvalue weighted by Gasteiger charge is 2.16. The second-order valence-corrected chi connectivity index (χ2v) is 4.73. The molecule has 94 valence electrons. The summed E-state index contributed by atoms with van der Waals surface area (Å²) in [6, 6.07) is 1.24. The van der Waals surface area contributed by atoms with Crippen LogP contribution in [0.15, 0.2) is 10.9 Å². The number of carbonyl (C=O) groups excluding carboxylic acids is 1. The van der Waals surface area contributed by atoms with Crippen molar-refractivity contribution in [1.82, 2.24) is 9.55 Å². The van der Waals surface area contributed by atoms with Crippen molar-refractivity contribution >= 4 is 17.5 Å². The molecule has 0 spiro atoms. The first kappa shape index (κ1) is 13.7. The molecule has 0 aromatic carbocycles. The van der Waals surface area contributed by atoms with Crippen molar-refractivity contribution in [3.63, 3.8) is 0 Å². The van der Waals surface area contributed by atoms with Gasteiger partial charge in [-0.3, -0.25) is 14.2 Å². The lowest BCUT2D eigenvalue weighted by Crippen LogP contribution is -2.32. The lowest BCUT2D eigenvalue weighted by Gasteiger charge is -2.16. The predicted octanol–water partition coefficient (Wildman–Crippen LogP) is 1.14. The molecular formula is C11H16ClN3O2. The Morgan fingerprint density at radius 1 is 1.53 bits per heavy atom. The smallest absolute Gasteiger partial charge is 0.255 e. The molecule has 1 amide bonds. The van der Waals surface area contributed by atoms with Crippen LogP contribution in [0.2, 0.25) is 5.15 Å². The van der Waals surface area contributed by atoms with E-state index in [4.69, 9.17) is 17.3 Å². The Labute approximate surface area is 105 Å². The molecule has 0 saturated heterocycles. The van der Waals surface area contributed by atoms with E-state index in [9.17, 15) is 9.59 Å². The van der Waals surface area contributed by atoms with Crippen LogP contribution in [0.4, 0.5) is 0 Å². The third kappa shape index (κ3) is 3.30. The van der Waals surface area contributed by atoms with Gasteiger partial charge >= 0.3 is 0 Å². The summed E-state index contributed by atoms with van der Waals surface area (Å²) < 4.78 is 1.45. The predicted molar refractivity (Wildman–Crippen MR) is 66.0 cm³/mol. The Kier molecular flexibility index (Phi) is 4.28. The maximum Gasteiger partial charge on any atom is 0.255 e. The van der Waals surface area contributed by atoms with E-state index in [-0.39, 0.29) is 23.2 Å². The van der Waals surface area contributed by atoms with Gasteiger partial charge in [-0.15, -0.1) is 0 Å². The fraction of sp³-hybridized carbons (Fsp3) is 0.545. The summed E-state index contributed by atoms with van der Waals surface area (Å²) in [5.74, 6) is -0.258. The van der Waals surface area contributed by atoms with Crippen molar-refractivity contribution in [1.29, 1.82) is 0 Å². The summed E-state index contributed by atoms with van der Waals surface area (Å²) in [6.07, 6.45) is 0. The van der Waals surface area contributed by atoms with Gasteiger partial charge in [0.15, 0.2) is 0 Å². The van der Waals surface area contributed by atoms with Gasteiger partial charge in [0.2, 0.25) is 5.91 Å². The number of carbonyl (C=O) groups is 1. The zero-order valence-electron chi connectivity index (χ0n) is 10.1. The summed E-state index contributed by atoms with van der Waals surface area (Å²) in [6.45, 7) is 5.71. The Morgan fingerprint density at radius 3 is 2.59 bits per heavy atom. The number of aromatic nitrogens is 2. The van der Waals surface area contributed by atoms with E-state index in [1.54, 1.807) is 6.92 Å². The van der Waals surface area contributed by atoms with Crippen LogP contribution in [0.1, 0.15) is 32.5 Å². The number of rotatable bonds is 4. The molecule has 1 rings (SSSR count). The van der Waals surface area contributed by atoms with Crippen LogP contribution in [0, 0.1) is 5.92 Å². The number of hydrogen-bond donors (Lipinski definition) is 1. The van der Waals surface area contributed by atoms with E-state index in [0.29, 0.717) is 5.82 Å². The third-order valence-corrected chi connectivity index (χ3v) is 2.66. The molecular weight excluding hydrogens is 242 g/mol. The van der Waals surface area contributed by atoms with Gasteiger partial charge < -0.3 is 5.73 Å². The van der Waals surface area contributed by atoms with Gasteiger partial charge in [0.05, 0.1) is 5.92 Å². The SMILES string of the molecule is CC(Cn1c(C(C)C)nc(Cl)cc1=O)C(N)=O. The van der Waals surface area contributed by atoms with Crippen molar-refractivity contribution in [3.05, 3.63) is 27.4 Å². The zero-order chi connectivity index (χ0) is 13.2. The number of hydrogen-bond acceptors (Lipinski definition) is 3. The van der Waals surface area contributed by atoms with Crippen LogP contribution in [0.3, 0.4) is 0 Å². The first-order valence-corrected chi connectivity index (χ1v) is 5.77.